The summed E-state index contributed by atoms with van der Waals surface area (Å²) < 4.78 is 0. The number of allylic oxidation sites excluding steroid dienone is 1. The van der Waals surface area contributed by atoms with Crippen LogP contribution in [-0.2, 0) is 6.42 Å². The third-order valence-electron chi connectivity index (χ3n) is 3.78. The Balaban J connectivity index is 1.63. The van der Waals surface area contributed by atoms with Crippen molar-refractivity contribution in [1.29, 1.82) is 0 Å². The third-order valence-corrected chi connectivity index (χ3v) is 4.71. The summed E-state index contributed by atoms with van der Waals surface area (Å²) in [6.45, 7) is 5.03. The molecule has 0 saturated carbocycles. The molecule has 0 atom stereocenters. The number of hydrogen-bond acceptors (Lipinski definition) is 7. The van der Waals surface area contributed by atoms with E-state index in [1.54, 1.807) is 24.2 Å². The van der Waals surface area contributed by atoms with Crippen LogP contribution >= 0.6 is 11.8 Å². The normalized spacial score (nSPS) is 15.7. The molecule has 0 fully saturated rings. The highest BCUT2D eigenvalue weighted by Crippen LogP contribution is 2.31. The Morgan fingerprint density at radius 1 is 1.32 bits per heavy atom. The number of aromatic nitrogens is 3. The second-order valence-corrected chi connectivity index (χ2v) is 6.90. The molecule has 0 saturated heterocycles. The molecule has 0 aromatic carbocycles. The van der Waals surface area contributed by atoms with Gasteiger partial charge < -0.3 is 16.4 Å². The van der Waals surface area contributed by atoms with Crippen molar-refractivity contribution in [2.45, 2.75) is 20.3 Å². The topological polar surface area (TPSA) is 88.8 Å². The van der Waals surface area contributed by atoms with Gasteiger partial charge in [0.05, 0.1) is 11.4 Å². The Labute approximate surface area is 152 Å². The van der Waals surface area contributed by atoms with E-state index >= 15 is 0 Å². The lowest BCUT2D eigenvalue weighted by molar-refractivity contribution is 0.718. The van der Waals surface area contributed by atoms with E-state index in [9.17, 15) is 0 Å². The molecule has 6 nitrogen and oxygen atoms in total. The molecular formula is C18H22N6S. The van der Waals surface area contributed by atoms with E-state index in [0.717, 1.165) is 18.0 Å². The van der Waals surface area contributed by atoms with Gasteiger partial charge in [0.15, 0.2) is 0 Å². The summed E-state index contributed by atoms with van der Waals surface area (Å²) >= 11 is 1.60. The number of nitrogens with two attached hydrogens (primary N) is 1. The molecule has 7 heteroatoms. The van der Waals surface area contributed by atoms with E-state index in [0.29, 0.717) is 23.3 Å². The fourth-order valence-electron chi connectivity index (χ4n) is 2.30. The van der Waals surface area contributed by atoms with Crippen molar-refractivity contribution in [2.24, 2.45) is 11.7 Å². The van der Waals surface area contributed by atoms with Crippen molar-refractivity contribution in [2.75, 3.05) is 11.9 Å². The summed E-state index contributed by atoms with van der Waals surface area (Å²) in [7, 11) is 0. The lowest BCUT2D eigenvalue weighted by atomic mass is 10.1. The molecular weight excluding hydrogens is 332 g/mol. The number of nitrogens with one attached hydrogen (secondary N) is 2. The molecule has 3 heterocycles. The fraction of sp³-hybridized carbons (Fsp3) is 0.278. The molecule has 1 aliphatic heterocycles. The Morgan fingerprint density at radius 2 is 2.20 bits per heavy atom. The summed E-state index contributed by atoms with van der Waals surface area (Å²) in [4.78, 5) is 12.9. The SMILES string of the molecule is CC(C)C1=CS/C(=C(/N)c2ccnc(NCCc3cccnc3)n2)N1. The summed E-state index contributed by atoms with van der Waals surface area (Å²) in [5.41, 5.74) is 9.98. The van der Waals surface area contributed by atoms with Crippen molar-refractivity contribution in [3.8, 4) is 0 Å². The Kier molecular flexibility index (Phi) is 5.55. The van der Waals surface area contributed by atoms with Crippen LogP contribution in [0.2, 0.25) is 0 Å². The predicted molar refractivity (Wildman–Crippen MR) is 103 cm³/mol. The first kappa shape index (κ1) is 17.3. The van der Waals surface area contributed by atoms with E-state index in [1.165, 1.54) is 11.3 Å². The quantitative estimate of drug-likeness (QED) is 0.735. The maximum Gasteiger partial charge on any atom is 0.223 e. The highest BCUT2D eigenvalue weighted by Gasteiger charge is 2.17. The predicted octanol–water partition coefficient (Wildman–Crippen LogP) is 2.94. The van der Waals surface area contributed by atoms with Gasteiger partial charge in [-0.1, -0.05) is 31.7 Å². The van der Waals surface area contributed by atoms with Crippen LogP contribution in [0.1, 0.15) is 25.1 Å². The van der Waals surface area contributed by atoms with Gasteiger partial charge in [-0.05, 0) is 35.4 Å². The minimum absolute atomic E-state index is 0.438. The highest BCUT2D eigenvalue weighted by molar-refractivity contribution is 8.06. The van der Waals surface area contributed by atoms with Gasteiger partial charge in [0.25, 0.3) is 0 Å². The molecule has 0 spiro atoms. The van der Waals surface area contributed by atoms with E-state index < -0.39 is 0 Å². The monoisotopic (exact) mass is 354 g/mol. The number of rotatable bonds is 6. The van der Waals surface area contributed by atoms with Crippen LogP contribution in [0.4, 0.5) is 5.95 Å². The molecule has 0 radical (unpaired) electrons. The summed E-state index contributed by atoms with van der Waals surface area (Å²) in [5, 5.41) is 9.62. The second-order valence-electron chi connectivity index (χ2n) is 6.02. The molecule has 1 aliphatic rings. The zero-order chi connectivity index (χ0) is 17.6. The van der Waals surface area contributed by atoms with Crippen LogP contribution in [0.3, 0.4) is 0 Å². The van der Waals surface area contributed by atoms with Gasteiger partial charge in [-0.2, -0.15) is 0 Å². The molecule has 3 rings (SSSR count). The van der Waals surface area contributed by atoms with Gasteiger partial charge >= 0.3 is 0 Å². The Hall–Kier alpha value is -2.54. The van der Waals surface area contributed by atoms with Crippen molar-refractivity contribution in [3.05, 3.63) is 64.2 Å². The third kappa shape index (κ3) is 4.51. The van der Waals surface area contributed by atoms with Crippen LogP contribution in [0.25, 0.3) is 5.70 Å². The van der Waals surface area contributed by atoms with Crippen LogP contribution in [0.15, 0.2) is 52.9 Å². The molecule has 0 aliphatic carbocycles. The van der Waals surface area contributed by atoms with Gasteiger partial charge in [0.1, 0.15) is 5.03 Å². The molecule has 4 N–H and O–H groups in total. The molecule has 25 heavy (non-hydrogen) atoms. The average Bonchev–Trinajstić information content (AvgIpc) is 3.13. The van der Waals surface area contributed by atoms with E-state index in [-0.39, 0.29) is 0 Å². The first-order chi connectivity index (χ1) is 12.1. The second kappa shape index (κ2) is 8.02. The molecule has 0 bridgehead atoms. The first-order valence-corrected chi connectivity index (χ1v) is 9.11. The van der Waals surface area contributed by atoms with E-state index in [2.05, 4.69) is 50.9 Å². The lowest BCUT2D eigenvalue weighted by Gasteiger charge is -2.11. The smallest absolute Gasteiger partial charge is 0.223 e. The maximum absolute atomic E-state index is 6.29. The van der Waals surface area contributed by atoms with Gasteiger partial charge in [0.2, 0.25) is 5.95 Å². The summed E-state index contributed by atoms with van der Waals surface area (Å²) in [6, 6.07) is 5.81. The number of nitrogens with zero attached hydrogens (tertiary/aromatic N) is 3. The fourth-order valence-corrected chi connectivity index (χ4v) is 3.28. The number of pyridine rings is 1. The van der Waals surface area contributed by atoms with Gasteiger partial charge in [-0.3, -0.25) is 4.98 Å². The minimum Gasteiger partial charge on any atom is -0.395 e. The standard InChI is InChI=1S/C18H22N6S/c1-12(2)15-11-25-17(23-15)16(19)14-6-9-22-18(24-14)21-8-5-13-4-3-7-20-10-13/h3-4,6-7,9-12,23H,5,8,19H2,1-2H3,(H,21,22,24)/b17-16+. The molecule has 0 amide bonds. The minimum atomic E-state index is 0.438. The molecule has 2 aromatic heterocycles. The number of anilines is 1. The Morgan fingerprint density at radius 3 is 2.92 bits per heavy atom. The molecule has 0 unspecified atom stereocenters. The van der Waals surface area contributed by atoms with Crippen LogP contribution in [0, 0.1) is 5.92 Å². The van der Waals surface area contributed by atoms with Crippen molar-refractivity contribution in [1.82, 2.24) is 20.3 Å². The van der Waals surface area contributed by atoms with E-state index in [1.807, 2.05) is 18.3 Å². The van der Waals surface area contributed by atoms with Crippen molar-refractivity contribution in [3.63, 3.8) is 0 Å². The summed E-state index contributed by atoms with van der Waals surface area (Å²) in [5.74, 6) is 1.01. The maximum atomic E-state index is 6.29. The highest BCUT2D eigenvalue weighted by atomic mass is 32.2. The van der Waals surface area contributed by atoms with Crippen molar-refractivity contribution >= 4 is 23.4 Å². The van der Waals surface area contributed by atoms with Gasteiger partial charge in [0, 0.05) is 30.8 Å². The molecule has 130 valence electrons. The van der Waals surface area contributed by atoms with Gasteiger partial charge in [-0.25, -0.2) is 9.97 Å². The Bertz CT molecular complexity index is 785. The number of thioether (sulfide) groups is 1. The average molecular weight is 354 g/mol. The van der Waals surface area contributed by atoms with E-state index in [4.69, 9.17) is 5.73 Å². The van der Waals surface area contributed by atoms with Gasteiger partial charge in [-0.15, -0.1) is 0 Å². The van der Waals surface area contributed by atoms with Crippen LogP contribution in [0.5, 0.6) is 0 Å². The van der Waals surface area contributed by atoms with Crippen LogP contribution < -0.4 is 16.4 Å². The largest absolute Gasteiger partial charge is 0.395 e. The summed E-state index contributed by atoms with van der Waals surface area (Å²) in [6.07, 6.45) is 6.22. The zero-order valence-corrected chi connectivity index (χ0v) is 15.2. The molecule has 2 aromatic rings. The van der Waals surface area contributed by atoms with Crippen molar-refractivity contribution < 1.29 is 0 Å². The van der Waals surface area contributed by atoms with Crippen LogP contribution in [-0.4, -0.2) is 21.5 Å². The first-order valence-electron chi connectivity index (χ1n) is 8.23. The number of hydrogen-bond donors (Lipinski definition) is 3. The lowest BCUT2D eigenvalue weighted by Crippen LogP contribution is -2.15. The zero-order valence-electron chi connectivity index (χ0n) is 14.4.